The lowest BCUT2D eigenvalue weighted by molar-refractivity contribution is -0.883. The first-order chi connectivity index (χ1) is 24.1. The molecule has 1 aromatic carbocycles. The van der Waals surface area contributed by atoms with Crippen LogP contribution in [0.15, 0.2) is 24.3 Å². The fourth-order valence-electron chi connectivity index (χ4n) is 6.77. The van der Waals surface area contributed by atoms with Gasteiger partial charge in [0.25, 0.3) is 0 Å². The highest BCUT2D eigenvalue weighted by Crippen LogP contribution is 2.15. The van der Waals surface area contributed by atoms with Crippen molar-refractivity contribution in [2.75, 3.05) is 54.4 Å². The van der Waals surface area contributed by atoms with Crippen LogP contribution in [0, 0.1) is 0 Å². The predicted octanol–water partition coefficient (Wildman–Crippen LogP) is 11.3. The molecule has 1 aromatic rings. The van der Waals surface area contributed by atoms with Gasteiger partial charge in [0.15, 0.2) is 13.1 Å². The molecule has 0 aliphatic heterocycles. The standard InChI is InChI=1S/C44H82N2O4/c1-7-9-11-13-15-17-19-21-23-25-27-29-35-45(3,4)37-43(47)49-39-41-31-33-42(34-32-41)40-50-44(48)38-46(5,6)36-30-28-26-24-22-20-18-16-14-12-10-8-2/h31-34H,7-30,35-40H2,1-6H3/q+2. The summed E-state index contributed by atoms with van der Waals surface area (Å²) in [4.78, 5) is 25.2. The summed E-state index contributed by atoms with van der Waals surface area (Å²) in [6, 6.07) is 7.82. The van der Waals surface area contributed by atoms with Crippen LogP contribution in [0.3, 0.4) is 0 Å². The van der Waals surface area contributed by atoms with Crippen LogP contribution < -0.4 is 0 Å². The molecule has 1 rings (SSSR count). The molecule has 0 amide bonds. The monoisotopic (exact) mass is 703 g/mol. The van der Waals surface area contributed by atoms with Crippen molar-refractivity contribution in [1.29, 1.82) is 0 Å². The molecular formula is C44H82N2O4+2. The Kier molecular flexibility index (Phi) is 27.3. The van der Waals surface area contributed by atoms with Crippen LogP contribution in [0.2, 0.25) is 0 Å². The second-order valence-electron chi connectivity index (χ2n) is 16.6. The van der Waals surface area contributed by atoms with Gasteiger partial charge < -0.3 is 18.4 Å². The number of unbranched alkanes of at least 4 members (excludes halogenated alkanes) is 22. The van der Waals surface area contributed by atoms with Crippen molar-refractivity contribution >= 4 is 11.9 Å². The molecule has 0 aliphatic carbocycles. The van der Waals surface area contributed by atoms with Crippen molar-refractivity contribution in [2.24, 2.45) is 0 Å². The van der Waals surface area contributed by atoms with Gasteiger partial charge in [-0.1, -0.05) is 167 Å². The predicted molar refractivity (Wildman–Crippen MR) is 212 cm³/mol. The first kappa shape index (κ1) is 46.1. The zero-order valence-electron chi connectivity index (χ0n) is 34.1. The van der Waals surface area contributed by atoms with E-state index in [4.69, 9.17) is 9.47 Å². The maximum absolute atomic E-state index is 12.6. The molecule has 0 atom stereocenters. The summed E-state index contributed by atoms with van der Waals surface area (Å²) in [6.07, 6.45) is 32.2. The quantitative estimate of drug-likeness (QED) is 0.0407. The lowest BCUT2D eigenvalue weighted by Gasteiger charge is -2.28. The van der Waals surface area contributed by atoms with E-state index in [9.17, 15) is 9.59 Å². The molecular weight excluding hydrogens is 620 g/mol. The van der Waals surface area contributed by atoms with Gasteiger partial charge in [-0.3, -0.25) is 0 Å². The minimum absolute atomic E-state index is 0.156. The van der Waals surface area contributed by atoms with Gasteiger partial charge in [-0.2, -0.15) is 0 Å². The number of carbonyl (C=O) groups excluding carboxylic acids is 2. The molecule has 6 nitrogen and oxygen atoms in total. The number of hydrogen-bond donors (Lipinski definition) is 0. The van der Waals surface area contributed by atoms with Crippen LogP contribution >= 0.6 is 0 Å². The van der Waals surface area contributed by atoms with Gasteiger partial charge in [0.05, 0.1) is 41.3 Å². The molecule has 0 fully saturated rings. The van der Waals surface area contributed by atoms with Crippen LogP contribution in [0.25, 0.3) is 0 Å². The van der Waals surface area contributed by atoms with E-state index in [1.807, 2.05) is 24.3 Å². The number of carbonyl (C=O) groups is 2. The largest absolute Gasteiger partial charge is 0.457 e. The average Bonchev–Trinajstić information content (AvgIpc) is 3.07. The van der Waals surface area contributed by atoms with E-state index in [0.717, 1.165) is 37.1 Å². The molecule has 50 heavy (non-hydrogen) atoms. The fraction of sp³-hybridized carbons (Fsp3) is 0.818. The molecule has 0 aromatic heterocycles. The van der Waals surface area contributed by atoms with Crippen molar-refractivity contribution in [3.63, 3.8) is 0 Å². The molecule has 0 heterocycles. The fourth-order valence-corrected chi connectivity index (χ4v) is 6.77. The number of hydrogen-bond acceptors (Lipinski definition) is 4. The number of benzene rings is 1. The van der Waals surface area contributed by atoms with Crippen LogP contribution in [0.4, 0.5) is 0 Å². The van der Waals surface area contributed by atoms with Gasteiger partial charge >= 0.3 is 11.9 Å². The Morgan fingerprint density at radius 1 is 0.420 bits per heavy atom. The second kappa shape index (κ2) is 29.6. The van der Waals surface area contributed by atoms with Crippen LogP contribution in [-0.4, -0.2) is 75.3 Å². The van der Waals surface area contributed by atoms with Crippen LogP contribution in [0.1, 0.15) is 179 Å². The molecule has 0 saturated carbocycles. The number of quaternary nitrogens is 2. The third kappa shape index (κ3) is 27.8. The molecule has 0 N–H and O–H groups in total. The highest BCUT2D eigenvalue weighted by Gasteiger charge is 2.22. The molecule has 0 bridgehead atoms. The summed E-state index contributed by atoms with van der Waals surface area (Å²) < 4.78 is 12.5. The zero-order valence-corrected chi connectivity index (χ0v) is 34.1. The van der Waals surface area contributed by atoms with E-state index in [1.54, 1.807) is 0 Å². The van der Waals surface area contributed by atoms with Crippen molar-refractivity contribution in [3.05, 3.63) is 35.4 Å². The maximum atomic E-state index is 12.6. The number of nitrogens with zero attached hydrogens (tertiary/aromatic N) is 2. The van der Waals surface area contributed by atoms with Crippen molar-refractivity contribution in [2.45, 2.75) is 181 Å². The highest BCUT2D eigenvalue weighted by molar-refractivity contribution is 5.71. The topological polar surface area (TPSA) is 52.6 Å². The normalized spacial score (nSPS) is 12.0. The van der Waals surface area contributed by atoms with Gasteiger partial charge in [0, 0.05) is 0 Å². The Hall–Kier alpha value is -1.92. The second-order valence-corrected chi connectivity index (χ2v) is 16.6. The molecule has 0 radical (unpaired) electrons. The molecule has 0 spiro atoms. The van der Waals surface area contributed by atoms with Crippen molar-refractivity contribution in [3.8, 4) is 0 Å². The number of ether oxygens (including phenoxy) is 2. The van der Waals surface area contributed by atoms with E-state index in [1.165, 1.54) is 141 Å². The summed E-state index contributed by atoms with van der Waals surface area (Å²) in [7, 11) is 8.48. The Bertz CT molecular complexity index is 882. The zero-order chi connectivity index (χ0) is 36.8. The highest BCUT2D eigenvalue weighted by atomic mass is 16.5. The SMILES string of the molecule is CCCCCCCCCCCCCC[N+](C)(C)CC(=O)OCc1ccc(COC(=O)C[N+](C)(C)CCCCCCCCCCCCCC)cc1. The summed E-state index contributed by atoms with van der Waals surface area (Å²) in [5, 5.41) is 0. The van der Waals surface area contributed by atoms with Gasteiger partial charge in [-0.25, -0.2) is 9.59 Å². The third-order valence-electron chi connectivity index (χ3n) is 10.2. The average molecular weight is 703 g/mol. The van der Waals surface area contributed by atoms with E-state index in [-0.39, 0.29) is 25.2 Å². The van der Waals surface area contributed by atoms with Crippen molar-refractivity contribution in [1.82, 2.24) is 0 Å². The van der Waals surface area contributed by atoms with Crippen molar-refractivity contribution < 1.29 is 28.0 Å². The van der Waals surface area contributed by atoms with Gasteiger partial charge in [0.1, 0.15) is 13.2 Å². The first-order valence-corrected chi connectivity index (χ1v) is 21.1. The minimum atomic E-state index is -0.156. The Morgan fingerprint density at radius 3 is 0.920 bits per heavy atom. The molecule has 0 saturated heterocycles. The first-order valence-electron chi connectivity index (χ1n) is 21.1. The van der Waals surface area contributed by atoms with Gasteiger partial charge in [-0.15, -0.1) is 0 Å². The Labute approximate surface area is 310 Å². The number of likely N-dealkylation sites (N-methyl/N-ethyl adjacent to an activating group) is 2. The van der Waals surface area contributed by atoms with Gasteiger partial charge in [0.2, 0.25) is 0 Å². The smallest absolute Gasteiger partial charge is 0.362 e. The summed E-state index contributed by atoms with van der Waals surface area (Å²) in [5.41, 5.74) is 1.89. The lowest BCUT2D eigenvalue weighted by Crippen LogP contribution is -2.45. The van der Waals surface area contributed by atoms with Crippen LogP contribution in [-0.2, 0) is 32.3 Å². The summed E-state index contributed by atoms with van der Waals surface area (Å²) in [5.74, 6) is -0.313. The molecule has 0 aliphatic rings. The van der Waals surface area contributed by atoms with E-state index >= 15 is 0 Å². The lowest BCUT2D eigenvalue weighted by atomic mass is 10.1. The van der Waals surface area contributed by atoms with Crippen LogP contribution in [0.5, 0.6) is 0 Å². The minimum Gasteiger partial charge on any atom is -0.457 e. The van der Waals surface area contributed by atoms with E-state index in [0.29, 0.717) is 22.1 Å². The van der Waals surface area contributed by atoms with E-state index < -0.39 is 0 Å². The summed E-state index contributed by atoms with van der Waals surface area (Å²) >= 11 is 0. The molecule has 6 heteroatoms. The summed E-state index contributed by atoms with van der Waals surface area (Å²) in [6.45, 7) is 7.85. The third-order valence-corrected chi connectivity index (χ3v) is 10.2. The van der Waals surface area contributed by atoms with Gasteiger partial charge in [-0.05, 0) is 36.8 Å². The van der Waals surface area contributed by atoms with E-state index in [2.05, 4.69) is 42.0 Å². The number of esters is 2. The molecule has 290 valence electrons. The number of rotatable bonds is 34. The maximum Gasteiger partial charge on any atom is 0.362 e. The Morgan fingerprint density at radius 2 is 0.660 bits per heavy atom. The Balaban J connectivity index is 2.13. The molecule has 0 unspecified atom stereocenters.